The van der Waals surface area contributed by atoms with Gasteiger partial charge in [0.15, 0.2) is 0 Å². The van der Waals surface area contributed by atoms with Crippen LogP contribution < -0.4 is 26.0 Å². The van der Waals surface area contributed by atoms with E-state index in [4.69, 9.17) is 4.74 Å². The molecular weight excluding hydrogens is 546 g/mol. The molecule has 10 nitrogen and oxygen atoms in total. The molecular formula is C33H45N5O5. The number of hydrogen-bond acceptors (Lipinski definition) is 6. The van der Waals surface area contributed by atoms with Crippen LogP contribution in [0.15, 0.2) is 54.6 Å². The fraction of sp³-hybridized carbons (Fsp3) is 0.515. The van der Waals surface area contributed by atoms with Crippen molar-refractivity contribution in [2.45, 2.75) is 76.4 Å². The molecule has 0 saturated carbocycles. The highest BCUT2D eigenvalue weighted by Gasteiger charge is 2.34. The van der Waals surface area contributed by atoms with Crippen LogP contribution in [0.25, 0.3) is 0 Å². The Balaban J connectivity index is 1.49. The number of ether oxygens (including phenoxy) is 1. The number of likely N-dealkylation sites (tertiary alicyclic amines) is 1. The summed E-state index contributed by atoms with van der Waals surface area (Å²) in [6, 6.07) is 14.9. The maximum absolute atomic E-state index is 13.4. The van der Waals surface area contributed by atoms with Crippen LogP contribution in [0.3, 0.4) is 0 Å². The van der Waals surface area contributed by atoms with Crippen LogP contribution >= 0.6 is 0 Å². The summed E-state index contributed by atoms with van der Waals surface area (Å²) in [6.07, 6.45) is 5.86. The van der Waals surface area contributed by atoms with Crippen molar-refractivity contribution in [3.05, 3.63) is 65.7 Å². The van der Waals surface area contributed by atoms with Gasteiger partial charge in [-0.3, -0.25) is 19.2 Å². The molecule has 0 unspecified atom stereocenters. The molecule has 2 aromatic carbocycles. The minimum absolute atomic E-state index is 0.0931. The Morgan fingerprint density at radius 2 is 1.65 bits per heavy atom. The summed E-state index contributed by atoms with van der Waals surface area (Å²) in [5, 5.41) is 11.4. The summed E-state index contributed by atoms with van der Waals surface area (Å²) in [6.45, 7) is 6.78. The SMILES string of the molecule is CC1(C)NC(=O)C[C@@H](C(=O)NCCCN2CCCCCC2)NC(=O)c2ccccc2OC[C@@H](Cc2ccccc2)NC1=O. The van der Waals surface area contributed by atoms with Gasteiger partial charge in [0.1, 0.15) is 23.9 Å². The molecule has 1 fully saturated rings. The summed E-state index contributed by atoms with van der Waals surface area (Å²) in [7, 11) is 0. The maximum Gasteiger partial charge on any atom is 0.255 e. The average molecular weight is 592 g/mol. The number of nitrogens with zero attached hydrogens (tertiary/aromatic N) is 1. The van der Waals surface area contributed by atoms with Crippen LogP contribution in [0, 0.1) is 0 Å². The van der Waals surface area contributed by atoms with Gasteiger partial charge < -0.3 is 30.9 Å². The molecule has 0 aliphatic carbocycles. The lowest BCUT2D eigenvalue weighted by atomic mass is 10.0. The van der Waals surface area contributed by atoms with Crippen molar-refractivity contribution in [1.29, 1.82) is 0 Å². The largest absolute Gasteiger partial charge is 0.491 e. The molecule has 43 heavy (non-hydrogen) atoms. The first-order valence-corrected chi connectivity index (χ1v) is 15.4. The van der Waals surface area contributed by atoms with E-state index in [9.17, 15) is 19.2 Å². The van der Waals surface area contributed by atoms with Crippen molar-refractivity contribution in [1.82, 2.24) is 26.2 Å². The minimum atomic E-state index is -1.27. The molecule has 2 heterocycles. The molecule has 0 aromatic heterocycles. The van der Waals surface area contributed by atoms with Gasteiger partial charge in [0.25, 0.3) is 5.91 Å². The number of fused-ring (bicyclic) bond motifs is 1. The normalized spacial score (nSPS) is 22.0. The number of hydrogen-bond donors (Lipinski definition) is 4. The highest BCUT2D eigenvalue weighted by Crippen LogP contribution is 2.20. The first-order valence-electron chi connectivity index (χ1n) is 15.4. The molecule has 4 amide bonds. The van der Waals surface area contributed by atoms with Gasteiger partial charge >= 0.3 is 0 Å². The Morgan fingerprint density at radius 1 is 0.953 bits per heavy atom. The quantitative estimate of drug-likeness (QED) is 0.367. The Kier molecular flexibility index (Phi) is 11.6. The van der Waals surface area contributed by atoms with Crippen LogP contribution in [0.2, 0.25) is 0 Å². The molecule has 232 valence electrons. The molecule has 2 aliphatic heterocycles. The summed E-state index contributed by atoms with van der Waals surface area (Å²) in [4.78, 5) is 55.6. The highest BCUT2D eigenvalue weighted by molar-refractivity contribution is 6.01. The predicted molar refractivity (Wildman–Crippen MR) is 165 cm³/mol. The number of para-hydroxylation sites is 1. The number of nitrogens with one attached hydrogen (secondary N) is 4. The van der Waals surface area contributed by atoms with E-state index in [0.29, 0.717) is 18.7 Å². The van der Waals surface area contributed by atoms with E-state index < -0.39 is 35.3 Å². The average Bonchev–Trinajstić information content (AvgIpc) is 3.26. The van der Waals surface area contributed by atoms with Crippen molar-refractivity contribution in [2.24, 2.45) is 0 Å². The Morgan fingerprint density at radius 3 is 2.40 bits per heavy atom. The van der Waals surface area contributed by atoms with Crippen molar-refractivity contribution in [3.8, 4) is 5.75 Å². The van der Waals surface area contributed by atoms with Crippen molar-refractivity contribution >= 4 is 23.6 Å². The lowest BCUT2D eigenvalue weighted by Crippen LogP contribution is -2.59. The van der Waals surface area contributed by atoms with Gasteiger partial charge in [0.05, 0.1) is 18.0 Å². The van der Waals surface area contributed by atoms with Crippen molar-refractivity contribution in [2.75, 3.05) is 32.8 Å². The lowest BCUT2D eigenvalue weighted by molar-refractivity contribution is -0.134. The first kappa shape index (κ1) is 32.0. The number of rotatable bonds is 7. The van der Waals surface area contributed by atoms with Crippen LogP contribution in [0.5, 0.6) is 5.75 Å². The Bertz CT molecular complexity index is 1240. The molecule has 0 spiro atoms. The van der Waals surface area contributed by atoms with E-state index in [1.54, 1.807) is 38.1 Å². The van der Waals surface area contributed by atoms with Gasteiger partial charge in [-0.25, -0.2) is 0 Å². The van der Waals surface area contributed by atoms with Crippen LogP contribution in [-0.4, -0.2) is 78.9 Å². The molecule has 2 atom stereocenters. The lowest BCUT2D eigenvalue weighted by Gasteiger charge is -2.30. The minimum Gasteiger partial charge on any atom is -0.491 e. The molecule has 4 N–H and O–H groups in total. The van der Waals surface area contributed by atoms with Crippen molar-refractivity contribution < 1.29 is 23.9 Å². The smallest absolute Gasteiger partial charge is 0.255 e. The Labute approximate surface area is 254 Å². The second kappa shape index (κ2) is 15.5. The van der Waals surface area contributed by atoms with E-state index in [-0.39, 0.29) is 24.5 Å². The molecule has 10 heteroatoms. The van der Waals surface area contributed by atoms with Crippen LogP contribution in [-0.2, 0) is 20.8 Å². The van der Waals surface area contributed by atoms with Gasteiger partial charge in [-0.05, 0) is 76.9 Å². The molecule has 1 saturated heterocycles. The number of benzene rings is 2. The summed E-state index contributed by atoms with van der Waals surface area (Å²) in [5.74, 6) is -1.55. The van der Waals surface area contributed by atoms with Crippen LogP contribution in [0.4, 0.5) is 0 Å². The maximum atomic E-state index is 13.4. The second-order valence-corrected chi connectivity index (χ2v) is 12.0. The second-order valence-electron chi connectivity index (χ2n) is 12.0. The third-order valence-electron chi connectivity index (χ3n) is 7.91. The highest BCUT2D eigenvalue weighted by atomic mass is 16.5. The van der Waals surface area contributed by atoms with E-state index in [0.717, 1.165) is 31.6 Å². The first-order chi connectivity index (χ1) is 20.7. The van der Waals surface area contributed by atoms with Gasteiger partial charge in [0, 0.05) is 6.54 Å². The molecule has 2 aromatic rings. The monoisotopic (exact) mass is 591 g/mol. The number of carbonyl (C=O) groups excluding carboxylic acids is 4. The van der Waals surface area contributed by atoms with E-state index in [2.05, 4.69) is 26.2 Å². The Hall–Kier alpha value is -3.92. The molecule has 2 aliphatic rings. The fourth-order valence-corrected chi connectivity index (χ4v) is 5.47. The third-order valence-corrected chi connectivity index (χ3v) is 7.91. The van der Waals surface area contributed by atoms with Crippen LogP contribution in [0.1, 0.15) is 68.3 Å². The zero-order chi connectivity index (χ0) is 30.7. The summed E-state index contributed by atoms with van der Waals surface area (Å²) >= 11 is 0. The summed E-state index contributed by atoms with van der Waals surface area (Å²) < 4.78 is 6.10. The van der Waals surface area contributed by atoms with E-state index in [1.165, 1.54) is 25.7 Å². The topological polar surface area (TPSA) is 129 Å². The molecule has 0 radical (unpaired) electrons. The van der Waals surface area contributed by atoms with Gasteiger partial charge in [0.2, 0.25) is 17.7 Å². The molecule has 0 bridgehead atoms. The zero-order valence-corrected chi connectivity index (χ0v) is 25.3. The van der Waals surface area contributed by atoms with Crippen molar-refractivity contribution in [3.63, 3.8) is 0 Å². The fourth-order valence-electron chi connectivity index (χ4n) is 5.47. The number of amides is 4. The van der Waals surface area contributed by atoms with E-state index in [1.807, 2.05) is 30.3 Å². The van der Waals surface area contributed by atoms with Gasteiger partial charge in [-0.15, -0.1) is 0 Å². The van der Waals surface area contributed by atoms with Gasteiger partial charge in [-0.1, -0.05) is 55.3 Å². The molecule has 4 rings (SSSR count). The predicted octanol–water partition coefficient (Wildman–Crippen LogP) is 2.57. The summed E-state index contributed by atoms with van der Waals surface area (Å²) in [5.41, 5.74) is -0.0265. The number of carbonyl (C=O) groups is 4. The standard InChI is InChI=1S/C33H45N5O5/c1-33(2)32(42)35-25(21-24-13-6-5-7-14-24)23-43-28-16-9-8-15-26(28)30(40)36-27(22-29(39)37-33)31(41)34-17-12-20-38-18-10-3-4-11-19-38/h5-9,13-16,25,27H,3-4,10-12,17-23H2,1-2H3,(H,34,41)(H,35,42)(H,36,40)(H,37,39)/t25-,27+/m1/s1. The van der Waals surface area contributed by atoms with E-state index >= 15 is 0 Å². The zero-order valence-electron chi connectivity index (χ0n) is 25.3. The third kappa shape index (κ3) is 9.81. The van der Waals surface area contributed by atoms with Gasteiger partial charge in [-0.2, -0.15) is 0 Å².